The van der Waals surface area contributed by atoms with Gasteiger partial charge in [0.05, 0.1) is 37.4 Å². The molecule has 0 saturated heterocycles. The molecular weight excluding hydrogens is 1030 g/mol. The van der Waals surface area contributed by atoms with Gasteiger partial charge in [0.1, 0.15) is 23.1 Å². The van der Waals surface area contributed by atoms with Crippen molar-refractivity contribution in [3.63, 3.8) is 0 Å². The quantitative estimate of drug-likeness (QED) is 0.0255. The summed E-state index contributed by atoms with van der Waals surface area (Å²) in [6, 6.07) is 33.2. The van der Waals surface area contributed by atoms with Crippen molar-refractivity contribution in [3.05, 3.63) is 171 Å². The van der Waals surface area contributed by atoms with Gasteiger partial charge in [0, 0.05) is 43.0 Å². The fourth-order valence-electron chi connectivity index (χ4n) is 6.84. The van der Waals surface area contributed by atoms with Crippen LogP contribution in [0.5, 0.6) is 17.2 Å². The monoisotopic (exact) mass is 1100 g/mol. The van der Waals surface area contributed by atoms with E-state index in [0.29, 0.717) is 43.1 Å². The van der Waals surface area contributed by atoms with Crippen molar-refractivity contribution in [3.8, 4) is 17.2 Å². The molecule has 0 radical (unpaired) electrons. The number of nitrogens with one attached hydrogen (secondary N) is 1. The van der Waals surface area contributed by atoms with Gasteiger partial charge in [0.25, 0.3) is 5.69 Å². The number of fused-ring (bicyclic) bond motifs is 1. The smallest absolute Gasteiger partial charge is 0.497 e. The predicted molar refractivity (Wildman–Crippen MR) is 293 cm³/mol. The van der Waals surface area contributed by atoms with E-state index in [0.717, 1.165) is 47.6 Å². The summed E-state index contributed by atoms with van der Waals surface area (Å²) in [5.74, 6) is 1.20. The summed E-state index contributed by atoms with van der Waals surface area (Å²) in [6.07, 6.45) is -6.84. The van der Waals surface area contributed by atoms with E-state index in [1.54, 1.807) is 14.2 Å². The van der Waals surface area contributed by atoms with Crippen LogP contribution in [0.1, 0.15) is 81.3 Å². The highest BCUT2D eigenvalue weighted by Crippen LogP contribution is 2.31. The molecule has 0 spiro atoms. The second kappa shape index (κ2) is 35.5. The van der Waals surface area contributed by atoms with E-state index >= 15 is 0 Å². The van der Waals surface area contributed by atoms with Gasteiger partial charge in [-0.15, -0.1) is 13.2 Å². The first-order valence-corrected chi connectivity index (χ1v) is 24.5. The van der Waals surface area contributed by atoms with Gasteiger partial charge in [-0.3, -0.25) is 14.9 Å². The van der Waals surface area contributed by atoms with E-state index in [1.807, 2.05) is 51.1 Å². The van der Waals surface area contributed by atoms with Crippen LogP contribution in [0, 0.1) is 27.8 Å². The number of hydrogen-bond acceptors (Lipinski definition) is 13. The highest BCUT2D eigenvalue weighted by atomic mass is 19.4. The molecule has 6 aromatic rings. The lowest BCUT2D eigenvalue weighted by Gasteiger charge is -2.13. The fraction of sp³-hybridized carbons (Fsp3) is 0.375. The number of rotatable bonds is 16. The number of carbonyl (C=O) groups excluding carboxylic acids is 1. The number of anilines is 1. The van der Waals surface area contributed by atoms with Crippen molar-refractivity contribution < 1.29 is 59.8 Å². The molecule has 14 N–H and O–H groups in total. The van der Waals surface area contributed by atoms with E-state index in [2.05, 4.69) is 54.2 Å². The summed E-state index contributed by atoms with van der Waals surface area (Å²) in [4.78, 5) is 21.7. The second-order valence-electron chi connectivity index (χ2n) is 18.1. The lowest BCUT2D eigenvalue weighted by molar-refractivity contribution is -0.384. The van der Waals surface area contributed by atoms with E-state index in [-0.39, 0.29) is 48.1 Å². The summed E-state index contributed by atoms with van der Waals surface area (Å²) in [6.45, 7) is 11.1. The van der Waals surface area contributed by atoms with E-state index in [4.69, 9.17) is 49.0 Å². The molecule has 0 saturated carbocycles. The normalized spacial score (nSPS) is 12.0. The number of aliphatic hydroxyl groups is 1. The van der Waals surface area contributed by atoms with Crippen molar-refractivity contribution in [2.24, 2.45) is 46.2 Å². The Kier molecular flexibility index (Phi) is 31.4. The van der Waals surface area contributed by atoms with E-state index < -0.39 is 34.9 Å². The van der Waals surface area contributed by atoms with Gasteiger partial charge in [0.15, 0.2) is 0 Å². The van der Waals surface area contributed by atoms with Gasteiger partial charge in [-0.2, -0.15) is 13.2 Å². The van der Waals surface area contributed by atoms with Crippen LogP contribution in [0.15, 0.2) is 127 Å². The molecule has 15 nitrogen and oxygen atoms in total. The van der Waals surface area contributed by atoms with Gasteiger partial charge in [0.2, 0.25) is 5.91 Å². The van der Waals surface area contributed by atoms with Gasteiger partial charge >= 0.3 is 12.5 Å². The standard InChI is InChI=1S/C12H17N3O3.C12H13N.C10H15NO2.C8H7F4N.C8H8F3NO.C6H15NO/c1-8(2)7-11(13)12(16)14-9-3-5-10(6-4-9)15(17)18;1-9(13)11-8-4-6-10-5-2-3-7-12(10)11;1-12-9-3-4-10(13-2)8(7-9)5-6-11;9-7-2-5(4-13)1-6(3-7)8(10,11)12;9-8(10,11)13-7-3-1-6(5-12)2-4-7;1-5(2)3-6(7)4-8/h3-6,8,11H,7,13H2,1-2H3,(H,14,16);2-9H,13H2,1H3;3-4,7H,5-6,11H2,1-2H3;1-3H,4,13H2;1-4H,5,12H2;5-6,8H,3-4,7H2,1-2H3/t11-;9-;;;;6-/m01...0/s1. The van der Waals surface area contributed by atoms with Crippen LogP contribution in [-0.2, 0) is 30.5 Å². The maximum Gasteiger partial charge on any atom is 0.573 e. The topological polar surface area (TPSA) is 276 Å². The van der Waals surface area contributed by atoms with Crippen molar-refractivity contribution in [2.45, 2.75) is 97.6 Å². The van der Waals surface area contributed by atoms with Crippen LogP contribution in [0.25, 0.3) is 10.8 Å². The summed E-state index contributed by atoms with van der Waals surface area (Å²) in [5.41, 5.74) is 35.5. The molecule has 0 aliphatic rings. The van der Waals surface area contributed by atoms with Gasteiger partial charge < -0.3 is 59.0 Å². The van der Waals surface area contributed by atoms with E-state index in [9.17, 15) is 45.6 Å². The van der Waals surface area contributed by atoms with E-state index in [1.165, 1.54) is 64.9 Å². The van der Waals surface area contributed by atoms with Crippen molar-refractivity contribution in [1.29, 1.82) is 0 Å². The van der Waals surface area contributed by atoms with Crippen LogP contribution in [0.3, 0.4) is 0 Å². The molecule has 0 fully saturated rings. The number of aliphatic hydroxyl groups excluding tert-OH is 1. The molecule has 430 valence electrons. The fourth-order valence-corrected chi connectivity index (χ4v) is 6.84. The molecule has 6 rings (SSSR count). The lowest BCUT2D eigenvalue weighted by Crippen LogP contribution is -2.36. The molecule has 0 aliphatic heterocycles. The Hall–Kier alpha value is -6.92. The summed E-state index contributed by atoms with van der Waals surface area (Å²) in [7, 11) is 3.30. The molecular formula is C56H75F7N8O7. The molecule has 0 unspecified atom stereocenters. The van der Waals surface area contributed by atoms with Crippen molar-refractivity contribution in [1.82, 2.24) is 0 Å². The number of nitro groups is 1. The molecule has 0 heterocycles. The van der Waals surface area contributed by atoms with Crippen LogP contribution in [0.4, 0.5) is 42.1 Å². The number of carbonyl (C=O) groups is 1. The number of benzene rings is 6. The first-order valence-electron chi connectivity index (χ1n) is 24.5. The zero-order valence-electron chi connectivity index (χ0n) is 44.9. The van der Waals surface area contributed by atoms with Crippen molar-refractivity contribution >= 4 is 28.1 Å². The van der Waals surface area contributed by atoms with Crippen LogP contribution in [-0.4, -0.2) is 61.8 Å². The zero-order valence-corrected chi connectivity index (χ0v) is 44.9. The van der Waals surface area contributed by atoms with Crippen LogP contribution >= 0.6 is 0 Å². The number of amides is 1. The average Bonchev–Trinajstić information content (AvgIpc) is 3.38. The number of halogens is 7. The number of methoxy groups -OCH3 is 2. The summed E-state index contributed by atoms with van der Waals surface area (Å²) >= 11 is 0. The number of non-ortho nitro benzene ring substituents is 1. The minimum Gasteiger partial charge on any atom is -0.497 e. The Morgan fingerprint density at radius 1 is 0.705 bits per heavy atom. The Labute approximate surface area is 451 Å². The predicted octanol–water partition coefficient (Wildman–Crippen LogP) is 10.7. The average molecular weight is 1110 g/mol. The molecule has 78 heavy (non-hydrogen) atoms. The SMILES string of the molecule is CC(C)C[C@H](N)C(=O)Nc1ccc([N+](=O)[O-])cc1.CC(C)C[C@H](N)CO.COc1ccc(OC)c(CCN)c1.C[C@@H](N)c1cccc2ccccc12.NCc1cc(F)cc(C(F)(F)F)c1.NCc1ccc(OC(F)(F)F)cc1. The molecule has 22 heteroatoms. The first-order chi connectivity index (χ1) is 36.6. The third-order valence-electron chi connectivity index (χ3n) is 10.5. The van der Waals surface area contributed by atoms with Gasteiger partial charge in [-0.05, 0) is 138 Å². The Morgan fingerprint density at radius 2 is 1.28 bits per heavy atom. The number of alkyl halides is 6. The number of nitro benzene ring substituents is 1. The lowest BCUT2D eigenvalue weighted by atomic mass is 10.0. The highest BCUT2D eigenvalue weighted by Gasteiger charge is 2.32. The van der Waals surface area contributed by atoms with Gasteiger partial charge in [-0.25, -0.2) is 4.39 Å². The summed E-state index contributed by atoms with van der Waals surface area (Å²) in [5, 5.41) is 24.1. The van der Waals surface area contributed by atoms with Crippen molar-refractivity contribution in [2.75, 3.05) is 32.7 Å². The minimum absolute atomic E-state index is 0.0144. The third-order valence-corrected chi connectivity index (χ3v) is 10.5. The number of ether oxygens (including phenoxy) is 3. The maximum atomic E-state index is 12.6. The molecule has 6 aromatic carbocycles. The Morgan fingerprint density at radius 3 is 1.76 bits per heavy atom. The highest BCUT2D eigenvalue weighted by molar-refractivity contribution is 5.94. The first kappa shape index (κ1) is 69.1. The number of nitrogens with two attached hydrogens (primary N) is 6. The molecule has 3 atom stereocenters. The number of hydrogen-bond donors (Lipinski definition) is 8. The zero-order chi connectivity index (χ0) is 59.2. The second-order valence-corrected chi connectivity index (χ2v) is 18.1. The molecule has 0 aromatic heterocycles. The molecule has 1 amide bonds. The maximum absolute atomic E-state index is 12.6. The Balaban J connectivity index is 0.000000474. The summed E-state index contributed by atoms with van der Waals surface area (Å²) < 4.78 is 97.8. The third kappa shape index (κ3) is 27.9. The van der Waals surface area contributed by atoms with Gasteiger partial charge in [-0.1, -0.05) is 82.3 Å². The van der Waals surface area contributed by atoms with Crippen LogP contribution < -0.4 is 53.9 Å². The largest absolute Gasteiger partial charge is 0.573 e. The molecule has 0 bridgehead atoms. The minimum atomic E-state index is -4.63. The number of nitrogens with zero attached hydrogens (tertiary/aromatic N) is 1. The van der Waals surface area contributed by atoms with Crippen LogP contribution in [0.2, 0.25) is 0 Å². The molecule has 0 aliphatic carbocycles. The Bertz CT molecular complexity index is 2650.